The third kappa shape index (κ3) is 4.91. The molecule has 2 N–H and O–H groups in total. The Morgan fingerprint density at radius 1 is 1.18 bits per heavy atom. The van der Waals surface area contributed by atoms with Crippen molar-refractivity contribution in [2.24, 2.45) is 0 Å². The first kappa shape index (κ1) is 22.9. The summed E-state index contributed by atoms with van der Waals surface area (Å²) >= 11 is 6.62. The van der Waals surface area contributed by atoms with Crippen molar-refractivity contribution in [3.8, 4) is 5.69 Å². The molecule has 0 atom stereocenters. The monoisotopic (exact) mass is 492 g/mol. The number of nitrogens with one attached hydrogen (secondary N) is 2. The number of hydrogen-bond donors (Lipinski definition) is 2. The first-order chi connectivity index (χ1) is 15.6. The van der Waals surface area contributed by atoms with Crippen molar-refractivity contribution in [3.63, 3.8) is 0 Å². The molecule has 33 heavy (non-hydrogen) atoms. The number of anilines is 1. The highest BCUT2D eigenvalue weighted by atomic mass is 35.5. The molecule has 0 fully saturated rings. The Bertz CT molecular complexity index is 1400. The van der Waals surface area contributed by atoms with Crippen molar-refractivity contribution >= 4 is 46.0 Å². The molecule has 0 saturated heterocycles. The Hall–Kier alpha value is -3.24. The topological polar surface area (TPSA) is 79.8 Å². The molecule has 0 aliphatic heterocycles. The van der Waals surface area contributed by atoms with Crippen LogP contribution in [0.1, 0.15) is 11.3 Å². The predicted molar refractivity (Wildman–Crippen MR) is 122 cm³/mol. The van der Waals surface area contributed by atoms with E-state index in [4.69, 9.17) is 11.6 Å². The number of aromatic amines is 1. The first-order valence-electron chi connectivity index (χ1n) is 9.60. The van der Waals surface area contributed by atoms with Crippen molar-refractivity contribution in [2.45, 2.75) is 18.3 Å². The zero-order valence-corrected chi connectivity index (χ0v) is 18.6. The molecule has 0 radical (unpaired) electrons. The Morgan fingerprint density at radius 3 is 2.61 bits per heavy atom. The van der Waals surface area contributed by atoms with Gasteiger partial charge in [0.15, 0.2) is 5.16 Å². The second-order valence-electron chi connectivity index (χ2n) is 7.11. The summed E-state index contributed by atoms with van der Waals surface area (Å²) in [5, 5.41) is 2.41. The Kier molecular flexibility index (Phi) is 6.22. The molecule has 4 rings (SSSR count). The third-order valence-corrected chi connectivity index (χ3v) is 5.84. The molecule has 6 nitrogen and oxygen atoms in total. The molecule has 0 unspecified atom stereocenters. The summed E-state index contributed by atoms with van der Waals surface area (Å²) in [7, 11) is 0. The number of amides is 1. The van der Waals surface area contributed by atoms with Gasteiger partial charge in [-0.15, -0.1) is 0 Å². The van der Waals surface area contributed by atoms with E-state index in [1.54, 1.807) is 43.3 Å². The highest BCUT2D eigenvalue weighted by Crippen LogP contribution is 2.36. The molecule has 0 bridgehead atoms. The standard InChI is InChI=1S/C22H16ClF3N4O2S/c1-12-9-17-19(27-12)20(32)30(14-5-3-2-4-6-14)21(29-17)33-11-18(31)28-16-8-7-13(23)10-15(16)22(24,25)26/h2-10,27H,11H2,1H3,(H,28,31). The average Bonchev–Trinajstić information content (AvgIpc) is 3.14. The molecular formula is C22H16ClF3N4O2S. The fourth-order valence-electron chi connectivity index (χ4n) is 3.26. The number of aromatic nitrogens is 3. The van der Waals surface area contributed by atoms with Crippen LogP contribution in [0.2, 0.25) is 5.02 Å². The highest BCUT2D eigenvalue weighted by molar-refractivity contribution is 7.99. The van der Waals surface area contributed by atoms with Crippen LogP contribution in [0.25, 0.3) is 16.7 Å². The lowest BCUT2D eigenvalue weighted by atomic mass is 10.1. The minimum absolute atomic E-state index is 0.0964. The number of nitrogens with zero attached hydrogens (tertiary/aromatic N) is 2. The van der Waals surface area contributed by atoms with E-state index in [2.05, 4.69) is 15.3 Å². The van der Waals surface area contributed by atoms with Gasteiger partial charge in [-0.25, -0.2) is 4.98 Å². The molecule has 2 aromatic carbocycles. The number of alkyl halides is 3. The molecule has 0 spiro atoms. The molecule has 170 valence electrons. The lowest BCUT2D eigenvalue weighted by molar-refractivity contribution is -0.137. The number of para-hydroxylation sites is 1. The summed E-state index contributed by atoms with van der Waals surface area (Å²) in [4.78, 5) is 33.1. The van der Waals surface area contributed by atoms with Crippen molar-refractivity contribution in [2.75, 3.05) is 11.1 Å². The molecule has 0 aliphatic carbocycles. The van der Waals surface area contributed by atoms with Crippen LogP contribution in [0.5, 0.6) is 0 Å². The lowest BCUT2D eigenvalue weighted by Crippen LogP contribution is -2.23. The second-order valence-corrected chi connectivity index (χ2v) is 8.49. The van der Waals surface area contributed by atoms with E-state index >= 15 is 0 Å². The van der Waals surface area contributed by atoms with Gasteiger partial charge in [-0.2, -0.15) is 13.2 Å². The quantitative estimate of drug-likeness (QED) is 0.288. The minimum Gasteiger partial charge on any atom is -0.353 e. The predicted octanol–water partition coefficient (Wildman–Crippen LogP) is 5.43. The van der Waals surface area contributed by atoms with Crippen LogP contribution in [0, 0.1) is 6.92 Å². The van der Waals surface area contributed by atoms with Crippen LogP contribution in [0.3, 0.4) is 0 Å². The molecule has 0 aliphatic rings. The van der Waals surface area contributed by atoms with E-state index in [1.165, 1.54) is 10.6 Å². The fraction of sp³-hybridized carbons (Fsp3) is 0.136. The lowest BCUT2D eigenvalue weighted by Gasteiger charge is -2.15. The molecule has 4 aromatic rings. The number of carbonyl (C=O) groups excluding carboxylic acids is 1. The van der Waals surface area contributed by atoms with Crippen LogP contribution in [0.15, 0.2) is 64.5 Å². The minimum atomic E-state index is -4.69. The fourth-order valence-corrected chi connectivity index (χ4v) is 4.24. The van der Waals surface area contributed by atoms with Crippen LogP contribution in [-0.4, -0.2) is 26.2 Å². The van der Waals surface area contributed by atoms with Gasteiger partial charge in [0.1, 0.15) is 5.52 Å². The normalized spacial score (nSPS) is 11.7. The Labute approximate surface area is 194 Å². The zero-order valence-electron chi connectivity index (χ0n) is 17.0. The van der Waals surface area contributed by atoms with Crippen molar-refractivity contribution < 1.29 is 18.0 Å². The SMILES string of the molecule is Cc1cc2nc(SCC(=O)Nc3ccc(Cl)cc3C(F)(F)F)n(-c3ccccc3)c(=O)c2[nH]1. The molecule has 11 heteroatoms. The number of thioether (sulfide) groups is 1. The maximum absolute atomic E-state index is 13.3. The maximum atomic E-state index is 13.3. The zero-order chi connectivity index (χ0) is 23.8. The van der Waals surface area contributed by atoms with E-state index in [0.29, 0.717) is 16.7 Å². The first-order valence-corrected chi connectivity index (χ1v) is 11.0. The molecule has 0 saturated carbocycles. The van der Waals surface area contributed by atoms with Gasteiger partial charge in [0.05, 0.1) is 28.2 Å². The van der Waals surface area contributed by atoms with Crippen molar-refractivity contribution in [1.29, 1.82) is 0 Å². The van der Waals surface area contributed by atoms with E-state index in [-0.39, 0.29) is 21.5 Å². The van der Waals surface area contributed by atoms with Gasteiger partial charge in [-0.3, -0.25) is 14.2 Å². The highest BCUT2D eigenvalue weighted by Gasteiger charge is 2.34. The summed E-state index contributed by atoms with van der Waals surface area (Å²) in [6.07, 6.45) is -4.69. The largest absolute Gasteiger partial charge is 0.418 e. The van der Waals surface area contributed by atoms with Gasteiger partial charge in [0, 0.05) is 10.7 Å². The maximum Gasteiger partial charge on any atom is 0.418 e. The summed E-state index contributed by atoms with van der Waals surface area (Å²) in [6.45, 7) is 1.79. The molecule has 2 aromatic heterocycles. The van der Waals surface area contributed by atoms with E-state index in [9.17, 15) is 22.8 Å². The number of fused-ring (bicyclic) bond motifs is 1. The van der Waals surface area contributed by atoms with E-state index in [1.807, 2.05) is 0 Å². The van der Waals surface area contributed by atoms with Gasteiger partial charge >= 0.3 is 6.18 Å². The van der Waals surface area contributed by atoms with Gasteiger partial charge in [-0.05, 0) is 43.3 Å². The number of halogens is 4. The van der Waals surface area contributed by atoms with Gasteiger partial charge in [-0.1, -0.05) is 41.6 Å². The van der Waals surface area contributed by atoms with Crippen molar-refractivity contribution in [3.05, 3.63) is 81.2 Å². The van der Waals surface area contributed by atoms with Gasteiger partial charge in [0.25, 0.3) is 5.56 Å². The number of benzene rings is 2. The number of H-pyrrole nitrogens is 1. The summed E-state index contributed by atoms with van der Waals surface area (Å²) < 4.78 is 41.3. The van der Waals surface area contributed by atoms with E-state index in [0.717, 1.165) is 29.6 Å². The van der Waals surface area contributed by atoms with Crippen LogP contribution in [-0.2, 0) is 11.0 Å². The van der Waals surface area contributed by atoms with Crippen LogP contribution < -0.4 is 10.9 Å². The number of rotatable bonds is 5. The second kappa shape index (κ2) is 8.95. The number of hydrogen-bond acceptors (Lipinski definition) is 4. The molecular weight excluding hydrogens is 477 g/mol. The Balaban J connectivity index is 1.64. The van der Waals surface area contributed by atoms with Gasteiger partial charge in [0.2, 0.25) is 5.91 Å². The molecule has 2 heterocycles. The van der Waals surface area contributed by atoms with Crippen LogP contribution in [0.4, 0.5) is 18.9 Å². The number of aryl methyl sites for hydroxylation is 1. The third-order valence-electron chi connectivity index (χ3n) is 4.66. The van der Waals surface area contributed by atoms with E-state index < -0.39 is 23.3 Å². The smallest absolute Gasteiger partial charge is 0.353 e. The Morgan fingerprint density at radius 2 is 1.91 bits per heavy atom. The summed E-state index contributed by atoms with van der Waals surface area (Å²) in [5.74, 6) is -0.958. The van der Waals surface area contributed by atoms with Crippen LogP contribution >= 0.6 is 23.4 Å². The summed E-state index contributed by atoms with van der Waals surface area (Å²) in [6, 6.07) is 13.6. The molecule has 1 amide bonds. The van der Waals surface area contributed by atoms with Crippen molar-refractivity contribution in [1.82, 2.24) is 14.5 Å². The number of carbonyl (C=O) groups is 1. The summed E-state index contributed by atoms with van der Waals surface area (Å²) in [5.41, 5.74) is 0.255. The average molecular weight is 493 g/mol. The van der Waals surface area contributed by atoms with Gasteiger partial charge < -0.3 is 10.3 Å².